The molecule has 0 spiro atoms. The second-order valence-corrected chi connectivity index (χ2v) is 8.11. The molecule has 32 heavy (non-hydrogen) atoms. The summed E-state index contributed by atoms with van der Waals surface area (Å²) < 4.78 is 11.1. The van der Waals surface area contributed by atoms with E-state index in [0.29, 0.717) is 37.6 Å². The van der Waals surface area contributed by atoms with Crippen LogP contribution in [0, 0.1) is 6.92 Å². The number of carbonyl (C=O) groups excluding carboxylic acids is 3. The number of nitrogens with zero attached hydrogens (tertiary/aromatic N) is 2. The molecule has 0 radical (unpaired) electrons. The van der Waals surface area contributed by atoms with E-state index in [1.807, 2.05) is 31.2 Å². The Morgan fingerprint density at radius 3 is 2.50 bits per heavy atom. The minimum atomic E-state index is -0.811. The van der Waals surface area contributed by atoms with E-state index in [4.69, 9.17) is 9.47 Å². The number of ether oxygens (including phenoxy) is 2. The summed E-state index contributed by atoms with van der Waals surface area (Å²) in [6, 6.07) is 14.1. The van der Waals surface area contributed by atoms with Crippen molar-refractivity contribution in [1.82, 2.24) is 9.80 Å². The highest BCUT2D eigenvalue weighted by atomic mass is 16.6. The van der Waals surface area contributed by atoms with Gasteiger partial charge in [-0.15, -0.1) is 0 Å². The molecule has 3 amide bonds. The average molecular weight is 437 g/mol. The highest BCUT2D eigenvalue weighted by molar-refractivity contribution is 5.90. The van der Waals surface area contributed by atoms with Crippen molar-refractivity contribution in [3.05, 3.63) is 65.2 Å². The summed E-state index contributed by atoms with van der Waals surface area (Å²) in [6.07, 6.45) is -1.32. The quantitative estimate of drug-likeness (QED) is 0.777. The molecule has 2 unspecified atom stereocenters. The number of anilines is 1. The molecule has 168 valence electrons. The molecule has 2 aliphatic heterocycles. The number of amides is 3. The van der Waals surface area contributed by atoms with Gasteiger partial charge in [0.15, 0.2) is 12.1 Å². The van der Waals surface area contributed by atoms with Gasteiger partial charge in [0.05, 0.1) is 19.8 Å². The van der Waals surface area contributed by atoms with Crippen LogP contribution in [0.4, 0.5) is 10.5 Å². The van der Waals surface area contributed by atoms with Crippen LogP contribution in [0.15, 0.2) is 48.5 Å². The fourth-order valence-electron chi connectivity index (χ4n) is 4.05. The molecule has 0 aliphatic carbocycles. The lowest BCUT2D eigenvalue weighted by atomic mass is 9.99. The molecule has 2 aromatic carbocycles. The molecule has 0 saturated carbocycles. The number of hydrogen-bond donors (Lipinski definition) is 1. The van der Waals surface area contributed by atoms with Gasteiger partial charge in [-0.3, -0.25) is 14.5 Å². The summed E-state index contributed by atoms with van der Waals surface area (Å²) in [5.41, 5.74) is 3.27. The van der Waals surface area contributed by atoms with Crippen LogP contribution in [0.25, 0.3) is 0 Å². The standard InChI is InChI=1S/C24H27N3O5/c1-16-6-8-18(9-7-16)15-27-21(23(29)26-10-12-31-13-11-26)22(32-24(27)30)19-4-3-5-20(14-19)25-17(2)28/h3-9,14,21-22H,10-13,15H2,1-2H3,(H,25,28). The minimum Gasteiger partial charge on any atom is -0.438 e. The molecular formula is C24H27N3O5. The van der Waals surface area contributed by atoms with E-state index in [9.17, 15) is 14.4 Å². The zero-order chi connectivity index (χ0) is 22.7. The maximum Gasteiger partial charge on any atom is 0.411 e. The molecule has 2 atom stereocenters. The Morgan fingerprint density at radius 2 is 1.81 bits per heavy atom. The molecule has 1 N–H and O–H groups in total. The molecule has 0 bridgehead atoms. The predicted molar refractivity (Wildman–Crippen MR) is 118 cm³/mol. The van der Waals surface area contributed by atoms with E-state index in [1.165, 1.54) is 11.8 Å². The van der Waals surface area contributed by atoms with Gasteiger partial charge < -0.3 is 19.7 Å². The molecule has 2 aromatic rings. The fourth-order valence-corrected chi connectivity index (χ4v) is 4.05. The number of carbonyl (C=O) groups is 3. The summed E-state index contributed by atoms with van der Waals surface area (Å²) in [6.45, 7) is 5.57. The van der Waals surface area contributed by atoms with Gasteiger partial charge in [0.25, 0.3) is 0 Å². The molecular weight excluding hydrogens is 410 g/mol. The number of benzene rings is 2. The lowest BCUT2D eigenvalue weighted by Crippen LogP contribution is -2.51. The molecule has 2 saturated heterocycles. The van der Waals surface area contributed by atoms with Crippen molar-refractivity contribution in [2.24, 2.45) is 0 Å². The van der Waals surface area contributed by atoms with Gasteiger partial charge in [0, 0.05) is 25.7 Å². The zero-order valence-electron chi connectivity index (χ0n) is 18.2. The zero-order valence-corrected chi connectivity index (χ0v) is 18.2. The van der Waals surface area contributed by atoms with E-state index < -0.39 is 18.2 Å². The topological polar surface area (TPSA) is 88.2 Å². The Balaban J connectivity index is 1.66. The van der Waals surface area contributed by atoms with Crippen LogP contribution >= 0.6 is 0 Å². The van der Waals surface area contributed by atoms with Crippen LogP contribution in [0.5, 0.6) is 0 Å². The molecule has 0 aromatic heterocycles. The van der Waals surface area contributed by atoms with E-state index in [-0.39, 0.29) is 18.4 Å². The van der Waals surface area contributed by atoms with Crippen molar-refractivity contribution in [3.63, 3.8) is 0 Å². The summed E-state index contributed by atoms with van der Waals surface area (Å²) in [4.78, 5) is 41.2. The smallest absolute Gasteiger partial charge is 0.411 e. The molecule has 2 aliphatic rings. The number of cyclic esters (lactones) is 1. The van der Waals surface area contributed by atoms with Gasteiger partial charge in [-0.2, -0.15) is 0 Å². The van der Waals surface area contributed by atoms with E-state index in [2.05, 4.69) is 5.32 Å². The minimum absolute atomic E-state index is 0.166. The summed E-state index contributed by atoms with van der Waals surface area (Å²) >= 11 is 0. The van der Waals surface area contributed by atoms with Crippen LogP contribution in [-0.4, -0.2) is 60.1 Å². The number of hydrogen-bond acceptors (Lipinski definition) is 5. The Hall–Kier alpha value is -3.39. The van der Waals surface area contributed by atoms with Gasteiger partial charge in [0.2, 0.25) is 11.8 Å². The van der Waals surface area contributed by atoms with Gasteiger partial charge in [-0.1, -0.05) is 42.0 Å². The molecule has 8 heteroatoms. The molecule has 4 rings (SSSR count). The maximum absolute atomic E-state index is 13.6. The van der Waals surface area contributed by atoms with Crippen LogP contribution in [0.2, 0.25) is 0 Å². The van der Waals surface area contributed by atoms with Crippen LogP contribution in [-0.2, 0) is 25.6 Å². The van der Waals surface area contributed by atoms with Crippen LogP contribution < -0.4 is 5.32 Å². The largest absolute Gasteiger partial charge is 0.438 e. The van der Waals surface area contributed by atoms with Crippen molar-refractivity contribution in [2.45, 2.75) is 32.5 Å². The van der Waals surface area contributed by atoms with Crippen molar-refractivity contribution in [1.29, 1.82) is 0 Å². The van der Waals surface area contributed by atoms with E-state index in [0.717, 1.165) is 11.1 Å². The van der Waals surface area contributed by atoms with E-state index in [1.54, 1.807) is 29.2 Å². The first kappa shape index (κ1) is 21.8. The normalized spacial score (nSPS) is 20.8. The van der Waals surface area contributed by atoms with Crippen molar-refractivity contribution in [3.8, 4) is 0 Å². The third kappa shape index (κ3) is 4.75. The van der Waals surface area contributed by atoms with Crippen LogP contribution in [0.3, 0.4) is 0 Å². The number of nitrogens with one attached hydrogen (secondary N) is 1. The number of morpholine rings is 1. The highest BCUT2D eigenvalue weighted by Gasteiger charge is 2.48. The predicted octanol–water partition coefficient (Wildman–Crippen LogP) is 2.87. The van der Waals surface area contributed by atoms with Gasteiger partial charge in [-0.05, 0) is 30.2 Å². The molecule has 2 fully saturated rings. The number of rotatable bonds is 5. The monoisotopic (exact) mass is 437 g/mol. The van der Waals surface area contributed by atoms with Crippen molar-refractivity contribution < 1.29 is 23.9 Å². The third-order valence-corrected chi connectivity index (χ3v) is 5.67. The summed E-state index contributed by atoms with van der Waals surface area (Å²) in [7, 11) is 0. The Morgan fingerprint density at radius 1 is 1.09 bits per heavy atom. The maximum atomic E-state index is 13.6. The Labute approximate surface area is 187 Å². The summed E-state index contributed by atoms with van der Waals surface area (Å²) in [5, 5.41) is 2.74. The lowest BCUT2D eigenvalue weighted by molar-refractivity contribution is -0.141. The first-order valence-electron chi connectivity index (χ1n) is 10.7. The van der Waals surface area contributed by atoms with E-state index >= 15 is 0 Å². The average Bonchev–Trinajstić information content (AvgIpc) is 3.11. The Kier molecular flexibility index (Phi) is 6.41. The number of aryl methyl sites for hydroxylation is 1. The lowest BCUT2D eigenvalue weighted by Gasteiger charge is -2.33. The molecule has 8 nitrogen and oxygen atoms in total. The van der Waals surface area contributed by atoms with Crippen molar-refractivity contribution in [2.75, 3.05) is 31.6 Å². The SMILES string of the molecule is CC(=O)Nc1cccc(C2OC(=O)N(Cc3ccc(C)cc3)C2C(=O)N2CCOCC2)c1. The van der Waals surface area contributed by atoms with Gasteiger partial charge in [0.1, 0.15) is 0 Å². The second-order valence-electron chi connectivity index (χ2n) is 8.11. The first-order valence-corrected chi connectivity index (χ1v) is 10.7. The highest BCUT2D eigenvalue weighted by Crippen LogP contribution is 2.36. The molecule has 2 heterocycles. The van der Waals surface area contributed by atoms with Gasteiger partial charge in [-0.25, -0.2) is 4.79 Å². The van der Waals surface area contributed by atoms with Crippen LogP contribution in [0.1, 0.15) is 29.7 Å². The fraction of sp³-hybridized carbons (Fsp3) is 0.375. The third-order valence-electron chi connectivity index (χ3n) is 5.67. The Bertz CT molecular complexity index is 1000. The second kappa shape index (κ2) is 9.40. The van der Waals surface area contributed by atoms with Gasteiger partial charge >= 0.3 is 6.09 Å². The van der Waals surface area contributed by atoms with Crippen molar-refractivity contribution >= 4 is 23.6 Å². The first-order chi connectivity index (χ1) is 15.4. The summed E-state index contributed by atoms with van der Waals surface area (Å²) in [5.74, 6) is -0.367.